The van der Waals surface area contributed by atoms with E-state index in [9.17, 15) is 14.2 Å². The first kappa shape index (κ1) is 55.5. The predicted octanol–water partition coefficient (Wildman–Crippen LogP) is 15.1. The van der Waals surface area contributed by atoms with Gasteiger partial charge in [0.05, 0.1) is 6.61 Å². The second kappa shape index (κ2) is 44.1. The molecule has 0 aliphatic carbocycles. The van der Waals surface area contributed by atoms with E-state index in [1.165, 1.54) is 180 Å². The molecule has 0 aromatic rings. The van der Waals surface area contributed by atoms with E-state index in [1.807, 2.05) is 6.08 Å². The first-order valence-corrected chi connectivity index (χ1v) is 25.7. The third-order valence-electron chi connectivity index (χ3n) is 10.7. The van der Waals surface area contributed by atoms with Crippen LogP contribution in [0.4, 0.5) is 0 Å². The van der Waals surface area contributed by atoms with Crippen molar-refractivity contribution in [3.63, 3.8) is 0 Å². The van der Waals surface area contributed by atoms with E-state index < -0.39 is 32.5 Å². The van der Waals surface area contributed by atoms with Gasteiger partial charge >= 0.3 is 19.8 Å². The molecule has 0 aliphatic heterocycles. The molecule has 9 heteroatoms. The lowest BCUT2D eigenvalue weighted by atomic mass is 10.0. The second-order valence-corrected chi connectivity index (χ2v) is 17.7. The highest BCUT2D eigenvalue weighted by Gasteiger charge is 2.22. The first-order valence-electron chi connectivity index (χ1n) is 24.1. The van der Waals surface area contributed by atoms with Gasteiger partial charge in [-0.05, 0) is 38.5 Å². The molecule has 0 amide bonds. The number of esters is 2. The minimum absolute atomic E-state index is 0.151. The fraction of sp³-hybridized carbons (Fsp3) is 0.875. The Hall–Kier alpha value is -1.47. The number of carbonyl (C=O) groups is 2. The van der Waals surface area contributed by atoms with E-state index in [2.05, 4.69) is 36.6 Å². The third kappa shape index (κ3) is 47.1. The van der Waals surface area contributed by atoms with Crippen molar-refractivity contribution in [2.75, 3.05) is 13.2 Å². The van der Waals surface area contributed by atoms with Crippen molar-refractivity contribution in [3.05, 3.63) is 24.3 Å². The van der Waals surface area contributed by atoms with E-state index in [4.69, 9.17) is 19.3 Å². The lowest BCUT2D eigenvalue weighted by molar-refractivity contribution is -0.161. The average molecular weight is 827 g/mol. The topological polar surface area (TPSA) is 119 Å². The molecule has 0 saturated heterocycles. The number of phosphoric ester groups is 1. The van der Waals surface area contributed by atoms with Crippen molar-refractivity contribution in [2.24, 2.45) is 0 Å². The molecule has 8 nitrogen and oxygen atoms in total. The molecule has 0 spiro atoms. The molecule has 57 heavy (non-hydrogen) atoms. The SMILES string of the molecule is CCCCCCCCCCC/C=C/C/C=C/CCCC(=O)O[C@H](COC(=O)CCCCCCCCCCCCCCCCCCCCCCCC)COP(=O)(O)O. The van der Waals surface area contributed by atoms with Gasteiger partial charge in [-0.2, -0.15) is 0 Å². The predicted molar refractivity (Wildman–Crippen MR) is 239 cm³/mol. The van der Waals surface area contributed by atoms with Gasteiger partial charge < -0.3 is 19.3 Å². The Morgan fingerprint density at radius 3 is 1.21 bits per heavy atom. The first-order chi connectivity index (χ1) is 27.8. The molecule has 0 aromatic heterocycles. The molecule has 336 valence electrons. The van der Waals surface area contributed by atoms with Gasteiger partial charge in [0, 0.05) is 12.8 Å². The number of hydrogen-bond acceptors (Lipinski definition) is 6. The van der Waals surface area contributed by atoms with Crippen LogP contribution in [-0.4, -0.2) is 41.0 Å². The Morgan fingerprint density at radius 1 is 0.456 bits per heavy atom. The number of allylic oxidation sites excluding steroid dienone is 4. The summed E-state index contributed by atoms with van der Waals surface area (Å²) in [6, 6.07) is 0. The molecule has 1 atom stereocenters. The quantitative estimate of drug-likeness (QED) is 0.0270. The molecule has 0 aromatic carbocycles. The molecule has 0 unspecified atom stereocenters. The molecule has 2 N–H and O–H groups in total. The summed E-state index contributed by atoms with van der Waals surface area (Å²) in [7, 11) is -4.76. The van der Waals surface area contributed by atoms with Crippen molar-refractivity contribution >= 4 is 19.8 Å². The van der Waals surface area contributed by atoms with Crippen LogP contribution in [0.2, 0.25) is 0 Å². The summed E-state index contributed by atoms with van der Waals surface area (Å²) in [6.07, 6.45) is 52.1. The summed E-state index contributed by atoms with van der Waals surface area (Å²) < 4.78 is 26.4. The van der Waals surface area contributed by atoms with Crippen LogP contribution < -0.4 is 0 Å². The van der Waals surface area contributed by atoms with Gasteiger partial charge in [0.25, 0.3) is 0 Å². The van der Waals surface area contributed by atoms with E-state index in [0.717, 1.165) is 38.5 Å². The number of phosphoric acid groups is 1. The van der Waals surface area contributed by atoms with Crippen LogP contribution in [-0.2, 0) is 28.2 Å². The molecule has 0 heterocycles. The van der Waals surface area contributed by atoms with E-state index in [0.29, 0.717) is 6.42 Å². The van der Waals surface area contributed by atoms with Crippen molar-refractivity contribution in [1.29, 1.82) is 0 Å². The highest BCUT2D eigenvalue weighted by molar-refractivity contribution is 7.46. The Balaban J connectivity index is 3.84. The van der Waals surface area contributed by atoms with Gasteiger partial charge in [-0.15, -0.1) is 0 Å². The molecular weight excluding hydrogens is 735 g/mol. The number of rotatable bonds is 45. The molecule has 0 fully saturated rings. The average Bonchev–Trinajstić information content (AvgIpc) is 3.18. The zero-order valence-corrected chi connectivity index (χ0v) is 38.1. The van der Waals surface area contributed by atoms with Crippen molar-refractivity contribution in [2.45, 2.75) is 258 Å². The molecule has 0 radical (unpaired) electrons. The number of unbranched alkanes of at least 4 members (excludes halogenated alkanes) is 31. The van der Waals surface area contributed by atoms with Gasteiger partial charge in [0.2, 0.25) is 0 Å². The fourth-order valence-electron chi connectivity index (χ4n) is 7.12. The number of ether oxygens (including phenoxy) is 2. The zero-order valence-electron chi connectivity index (χ0n) is 37.3. The molecular formula is C48H91O8P. The van der Waals surface area contributed by atoms with Crippen LogP contribution >= 0.6 is 7.82 Å². The van der Waals surface area contributed by atoms with E-state index in [-0.39, 0.29) is 19.4 Å². The monoisotopic (exact) mass is 827 g/mol. The van der Waals surface area contributed by atoms with Crippen LogP contribution in [0, 0.1) is 0 Å². The lowest BCUT2D eigenvalue weighted by Crippen LogP contribution is -2.29. The van der Waals surface area contributed by atoms with Crippen molar-refractivity contribution in [1.82, 2.24) is 0 Å². The van der Waals surface area contributed by atoms with E-state index in [1.54, 1.807) is 0 Å². The summed E-state index contributed by atoms with van der Waals surface area (Å²) in [5, 5.41) is 0. The largest absolute Gasteiger partial charge is 0.469 e. The standard InChI is InChI=1S/C48H91O8P/c1-3-5-7-9-11-13-15-17-19-21-22-23-24-25-27-28-30-32-34-36-38-40-42-47(49)54-44-46(45-55-57(51,52)53)56-48(50)43-41-39-37-35-33-31-29-26-20-18-16-14-12-10-8-6-4-2/h29,31,35,37,46H,3-28,30,32-34,36,38-45H2,1-2H3,(H2,51,52,53)/b31-29+,37-35+/t46-/m1/s1. The fourth-order valence-corrected chi connectivity index (χ4v) is 7.48. The maximum atomic E-state index is 12.4. The summed E-state index contributed by atoms with van der Waals surface area (Å²) in [6.45, 7) is 3.69. The van der Waals surface area contributed by atoms with Crippen LogP contribution in [0.15, 0.2) is 24.3 Å². The maximum absolute atomic E-state index is 12.4. The second-order valence-electron chi connectivity index (χ2n) is 16.4. The lowest BCUT2D eigenvalue weighted by Gasteiger charge is -2.18. The van der Waals surface area contributed by atoms with Gasteiger partial charge in [0.1, 0.15) is 6.61 Å². The maximum Gasteiger partial charge on any atom is 0.469 e. The van der Waals surface area contributed by atoms with Gasteiger partial charge in [0.15, 0.2) is 6.10 Å². The van der Waals surface area contributed by atoms with Gasteiger partial charge in [-0.1, -0.05) is 224 Å². The van der Waals surface area contributed by atoms with Crippen molar-refractivity contribution in [3.8, 4) is 0 Å². The van der Waals surface area contributed by atoms with Crippen LogP contribution in [0.5, 0.6) is 0 Å². The number of carbonyl (C=O) groups excluding carboxylic acids is 2. The summed E-state index contributed by atoms with van der Waals surface area (Å²) in [5.41, 5.74) is 0. The Morgan fingerprint density at radius 2 is 0.807 bits per heavy atom. The Labute approximate surface area is 351 Å². The third-order valence-corrected chi connectivity index (χ3v) is 11.2. The normalized spacial score (nSPS) is 12.6. The Bertz CT molecular complexity index is 977. The highest BCUT2D eigenvalue weighted by Crippen LogP contribution is 2.36. The summed E-state index contributed by atoms with van der Waals surface area (Å²) >= 11 is 0. The van der Waals surface area contributed by atoms with Gasteiger partial charge in [-0.25, -0.2) is 4.57 Å². The smallest absolute Gasteiger partial charge is 0.462 e. The minimum atomic E-state index is -4.76. The van der Waals surface area contributed by atoms with E-state index >= 15 is 0 Å². The molecule has 0 rings (SSSR count). The van der Waals surface area contributed by atoms with Crippen LogP contribution in [0.1, 0.15) is 251 Å². The summed E-state index contributed by atoms with van der Waals surface area (Å²) in [5.74, 6) is -0.924. The van der Waals surface area contributed by atoms with Crippen LogP contribution in [0.25, 0.3) is 0 Å². The van der Waals surface area contributed by atoms with Crippen molar-refractivity contribution < 1.29 is 37.9 Å². The molecule has 0 saturated carbocycles. The Kier molecular flexibility index (Phi) is 43.0. The highest BCUT2D eigenvalue weighted by atomic mass is 31.2. The molecule has 0 bridgehead atoms. The minimum Gasteiger partial charge on any atom is -0.462 e. The summed E-state index contributed by atoms with van der Waals surface area (Å²) in [4.78, 5) is 43.0. The van der Waals surface area contributed by atoms with Gasteiger partial charge in [-0.3, -0.25) is 14.1 Å². The zero-order chi connectivity index (χ0) is 41.8. The molecule has 0 aliphatic rings. The van der Waals surface area contributed by atoms with Crippen LogP contribution in [0.3, 0.4) is 0 Å². The number of hydrogen-bond donors (Lipinski definition) is 2.